The van der Waals surface area contributed by atoms with Crippen molar-refractivity contribution in [3.05, 3.63) is 60.8 Å². The maximum atomic E-state index is 7.03. The van der Waals surface area contributed by atoms with Gasteiger partial charge in [0, 0.05) is 19.6 Å². The molecule has 0 radical (unpaired) electrons. The number of ether oxygens (including phenoxy) is 2. The van der Waals surface area contributed by atoms with Crippen molar-refractivity contribution in [1.29, 1.82) is 0 Å². The SMILES string of the molecule is CCCCCCCC/C=C\CCCCCCCCOCC(CC[N+](CCCCCCCC/C=C\CCCCCCCC)(CCCCCCCC/C=C\CCCCCCCC)CCCCCCCC/C=C\CCCCCCCC)OCCCCCCCC/C=C\CCCCCCCC.[Cl-]. The Morgan fingerprint density at radius 2 is 0.388 bits per heavy atom. The Bertz CT molecular complexity index is 1460. The zero-order valence-corrected chi connectivity index (χ0v) is 68.9. The van der Waals surface area contributed by atoms with E-state index in [0.29, 0.717) is 0 Å². The monoisotopic (exact) mass is 1390 g/mol. The topological polar surface area (TPSA) is 18.5 Å². The lowest BCUT2D eigenvalue weighted by atomic mass is 10.0. The van der Waals surface area contributed by atoms with E-state index in [-0.39, 0.29) is 18.5 Å². The van der Waals surface area contributed by atoms with Gasteiger partial charge < -0.3 is 26.4 Å². The third-order valence-corrected chi connectivity index (χ3v) is 21.5. The molecule has 1 atom stereocenters. The van der Waals surface area contributed by atoms with Gasteiger partial charge in [-0.2, -0.15) is 0 Å². The van der Waals surface area contributed by atoms with Crippen molar-refractivity contribution in [2.75, 3.05) is 46.0 Å². The van der Waals surface area contributed by atoms with Crippen molar-refractivity contribution in [2.24, 2.45) is 0 Å². The highest BCUT2D eigenvalue weighted by Crippen LogP contribution is 2.23. The summed E-state index contributed by atoms with van der Waals surface area (Å²) in [6.45, 7) is 19.6. The molecule has 0 aliphatic carbocycles. The van der Waals surface area contributed by atoms with Crippen molar-refractivity contribution < 1.29 is 26.4 Å². The Labute approximate surface area is 626 Å². The Hall–Kier alpha value is -1.13. The molecular formula is C94H182ClNO2. The second-order valence-corrected chi connectivity index (χ2v) is 31.3. The lowest BCUT2D eigenvalue weighted by Gasteiger charge is -2.40. The zero-order valence-electron chi connectivity index (χ0n) is 68.1. The molecule has 3 nitrogen and oxygen atoms in total. The van der Waals surface area contributed by atoms with Crippen LogP contribution < -0.4 is 12.4 Å². The number of nitrogens with zero attached hydrogens (tertiary/aromatic N) is 1. The molecule has 582 valence electrons. The molecule has 0 fully saturated rings. The van der Waals surface area contributed by atoms with E-state index >= 15 is 0 Å². The highest BCUT2D eigenvalue weighted by molar-refractivity contribution is 4.84. The average Bonchev–Trinajstić information content (AvgIpc) is 0.913. The van der Waals surface area contributed by atoms with E-state index in [4.69, 9.17) is 9.47 Å². The van der Waals surface area contributed by atoms with Gasteiger partial charge in [-0.15, -0.1) is 0 Å². The maximum absolute atomic E-state index is 7.03. The number of quaternary nitrogens is 1. The molecule has 0 amide bonds. The van der Waals surface area contributed by atoms with Crippen LogP contribution in [0.15, 0.2) is 60.8 Å². The molecule has 4 heteroatoms. The highest BCUT2D eigenvalue weighted by Gasteiger charge is 2.28. The van der Waals surface area contributed by atoms with Crippen LogP contribution in [0, 0.1) is 0 Å². The van der Waals surface area contributed by atoms with Gasteiger partial charge in [0.05, 0.1) is 38.9 Å². The summed E-state index contributed by atoms with van der Waals surface area (Å²) >= 11 is 0. The van der Waals surface area contributed by atoms with Crippen LogP contribution in [0.1, 0.15) is 490 Å². The molecule has 1 unspecified atom stereocenters. The van der Waals surface area contributed by atoms with Gasteiger partial charge in [-0.25, -0.2) is 0 Å². The smallest absolute Gasteiger partial charge is 0.0861 e. The minimum atomic E-state index is 0. The van der Waals surface area contributed by atoms with Gasteiger partial charge in [-0.05, 0) is 180 Å². The van der Waals surface area contributed by atoms with Crippen molar-refractivity contribution >= 4 is 0 Å². The van der Waals surface area contributed by atoms with E-state index in [1.54, 1.807) is 0 Å². The van der Waals surface area contributed by atoms with Crippen molar-refractivity contribution in [3.8, 4) is 0 Å². The highest BCUT2D eigenvalue weighted by atomic mass is 35.5. The standard InChI is InChI=1S/C94H182NO2.ClH/c1-6-11-16-21-26-31-36-41-46-51-56-61-66-71-76-81-87-95(88-82-77-72-67-62-57-52-47-42-37-32-27-22-17-12-7-2,89-83-78-73-68-63-58-53-48-43-38-33-28-23-18-13-8-3)90-86-94(97-92-85-80-75-70-65-60-55-50-45-40-35-30-25-20-15-10-5)93-96-91-84-79-74-69-64-59-54-49-44-39-34-29-24-19-14-9-4;/h41-50,94H,6-40,51-93H2,1-5H3;1H/q+1;/p-1/b46-41-,47-42-,48-43-,49-44-,50-45-;. The summed E-state index contributed by atoms with van der Waals surface area (Å²) in [4.78, 5) is 0. The van der Waals surface area contributed by atoms with Crippen LogP contribution in [0.4, 0.5) is 0 Å². The first-order chi connectivity index (χ1) is 48.2. The average molecular weight is 1390 g/mol. The fraction of sp³-hybridized carbons (Fsp3) is 0.894. The molecule has 0 aliphatic heterocycles. The maximum Gasteiger partial charge on any atom is 0.0861 e. The Kier molecular flexibility index (Phi) is 90.9. The predicted molar refractivity (Wildman–Crippen MR) is 442 cm³/mol. The van der Waals surface area contributed by atoms with Crippen LogP contribution in [0.25, 0.3) is 0 Å². The first-order valence-corrected chi connectivity index (χ1v) is 45.5. The summed E-state index contributed by atoms with van der Waals surface area (Å²) in [7, 11) is 0. The van der Waals surface area contributed by atoms with Crippen LogP contribution in [0.2, 0.25) is 0 Å². The molecule has 0 aromatic rings. The molecular weight excluding hydrogens is 1210 g/mol. The molecule has 0 N–H and O–H groups in total. The van der Waals surface area contributed by atoms with Gasteiger partial charge in [0.25, 0.3) is 0 Å². The minimum absolute atomic E-state index is 0. The van der Waals surface area contributed by atoms with E-state index in [0.717, 1.165) is 26.2 Å². The van der Waals surface area contributed by atoms with Crippen molar-refractivity contribution in [3.63, 3.8) is 0 Å². The zero-order chi connectivity index (χ0) is 69.7. The van der Waals surface area contributed by atoms with Gasteiger partial charge >= 0.3 is 0 Å². The normalized spacial score (nSPS) is 12.6. The summed E-state index contributed by atoms with van der Waals surface area (Å²) in [5.74, 6) is 0. The molecule has 0 bridgehead atoms. The van der Waals surface area contributed by atoms with Crippen LogP contribution in [-0.4, -0.2) is 56.6 Å². The van der Waals surface area contributed by atoms with E-state index in [1.807, 2.05) is 0 Å². The quantitative estimate of drug-likeness (QED) is 0.0343. The molecule has 0 aromatic heterocycles. The van der Waals surface area contributed by atoms with Gasteiger partial charge in [0.1, 0.15) is 0 Å². The van der Waals surface area contributed by atoms with Crippen molar-refractivity contribution in [1.82, 2.24) is 0 Å². The Morgan fingerprint density at radius 1 is 0.204 bits per heavy atom. The first kappa shape index (κ1) is 98.9. The molecule has 0 saturated heterocycles. The van der Waals surface area contributed by atoms with E-state index in [9.17, 15) is 0 Å². The number of rotatable bonds is 86. The predicted octanol–water partition coefficient (Wildman–Crippen LogP) is 29.8. The number of hydrogen-bond donors (Lipinski definition) is 0. The third-order valence-electron chi connectivity index (χ3n) is 21.5. The van der Waals surface area contributed by atoms with Gasteiger partial charge in [0.2, 0.25) is 0 Å². The van der Waals surface area contributed by atoms with E-state index < -0.39 is 0 Å². The van der Waals surface area contributed by atoms with Crippen LogP contribution in [0.5, 0.6) is 0 Å². The third kappa shape index (κ3) is 82.2. The van der Waals surface area contributed by atoms with Crippen LogP contribution in [0.3, 0.4) is 0 Å². The second kappa shape index (κ2) is 90.1. The molecule has 0 aromatic carbocycles. The summed E-state index contributed by atoms with van der Waals surface area (Å²) in [5, 5.41) is 0. The number of halogens is 1. The number of allylic oxidation sites excluding steroid dienone is 10. The van der Waals surface area contributed by atoms with Gasteiger partial charge in [-0.1, -0.05) is 365 Å². The minimum Gasteiger partial charge on any atom is -1.00 e. The van der Waals surface area contributed by atoms with E-state index in [1.165, 1.54) is 480 Å². The summed E-state index contributed by atoms with van der Waals surface area (Å²) in [5.41, 5.74) is 0. The molecule has 0 spiro atoms. The van der Waals surface area contributed by atoms with E-state index in [2.05, 4.69) is 95.4 Å². The van der Waals surface area contributed by atoms with Crippen LogP contribution >= 0.6 is 0 Å². The van der Waals surface area contributed by atoms with Crippen molar-refractivity contribution in [2.45, 2.75) is 497 Å². The van der Waals surface area contributed by atoms with Gasteiger partial charge in [0.15, 0.2) is 0 Å². The molecule has 0 saturated carbocycles. The Morgan fingerprint density at radius 3 is 0.612 bits per heavy atom. The Balaban J connectivity index is 0. The number of hydrogen-bond acceptors (Lipinski definition) is 2. The van der Waals surface area contributed by atoms with Crippen LogP contribution in [-0.2, 0) is 9.47 Å². The molecule has 0 heterocycles. The molecule has 0 aliphatic rings. The fourth-order valence-electron chi connectivity index (χ4n) is 14.7. The lowest BCUT2D eigenvalue weighted by Crippen LogP contribution is -3.00. The number of unbranched alkanes of at least 4 members (excludes halogenated alkanes) is 60. The second-order valence-electron chi connectivity index (χ2n) is 31.3. The largest absolute Gasteiger partial charge is 1.00 e. The molecule has 98 heavy (non-hydrogen) atoms. The summed E-state index contributed by atoms with van der Waals surface area (Å²) < 4.78 is 15.0. The first-order valence-electron chi connectivity index (χ1n) is 45.5. The summed E-state index contributed by atoms with van der Waals surface area (Å²) in [6, 6.07) is 0. The summed E-state index contributed by atoms with van der Waals surface area (Å²) in [6.07, 6.45) is 122. The lowest BCUT2D eigenvalue weighted by molar-refractivity contribution is -0.929. The fourth-order valence-corrected chi connectivity index (χ4v) is 14.7. The molecule has 0 rings (SSSR count). The van der Waals surface area contributed by atoms with Gasteiger partial charge in [-0.3, -0.25) is 0 Å².